The number of para-hydroxylation sites is 1. The molecule has 0 radical (unpaired) electrons. The Labute approximate surface area is 171 Å². The molecule has 0 aliphatic carbocycles. The molecule has 2 N–H and O–H groups in total. The molecule has 29 heavy (non-hydrogen) atoms. The van der Waals surface area contributed by atoms with Gasteiger partial charge in [-0.2, -0.15) is 5.26 Å². The second-order valence-electron chi connectivity index (χ2n) is 6.11. The molecule has 0 bridgehead atoms. The summed E-state index contributed by atoms with van der Waals surface area (Å²) >= 11 is 1.14. The van der Waals surface area contributed by atoms with Crippen molar-refractivity contribution in [3.63, 3.8) is 0 Å². The van der Waals surface area contributed by atoms with Crippen molar-refractivity contribution in [1.82, 2.24) is 14.9 Å². The zero-order chi connectivity index (χ0) is 20.6. The normalized spacial score (nSPS) is 10.5. The van der Waals surface area contributed by atoms with Crippen molar-refractivity contribution in [1.29, 1.82) is 5.26 Å². The smallest absolute Gasteiger partial charge is 0.237 e. The first-order valence-corrected chi connectivity index (χ1v) is 9.86. The lowest BCUT2D eigenvalue weighted by Gasteiger charge is -2.21. The summed E-state index contributed by atoms with van der Waals surface area (Å²) in [5.41, 5.74) is 1.19. The van der Waals surface area contributed by atoms with Crippen LogP contribution in [0.5, 0.6) is 0 Å². The van der Waals surface area contributed by atoms with Crippen LogP contribution in [0.4, 0.5) is 10.1 Å². The van der Waals surface area contributed by atoms with Crippen LogP contribution in [0.15, 0.2) is 59.8 Å². The van der Waals surface area contributed by atoms with E-state index in [1.165, 1.54) is 10.7 Å². The second-order valence-corrected chi connectivity index (χ2v) is 7.06. The Hall–Kier alpha value is -3.38. The monoisotopic (exact) mass is 410 g/mol. The van der Waals surface area contributed by atoms with Crippen molar-refractivity contribution < 1.29 is 9.18 Å². The van der Waals surface area contributed by atoms with Gasteiger partial charge in [-0.1, -0.05) is 48.2 Å². The maximum absolute atomic E-state index is 13.8. The summed E-state index contributed by atoms with van der Waals surface area (Å²) in [6, 6.07) is 17.6. The van der Waals surface area contributed by atoms with Gasteiger partial charge >= 0.3 is 0 Å². The van der Waals surface area contributed by atoms with E-state index in [2.05, 4.69) is 16.3 Å². The summed E-state index contributed by atoms with van der Waals surface area (Å²) in [7, 11) is 0. The van der Waals surface area contributed by atoms with Gasteiger partial charge in [0, 0.05) is 18.7 Å². The van der Waals surface area contributed by atoms with Gasteiger partial charge in [0.05, 0.1) is 18.2 Å². The van der Waals surface area contributed by atoms with E-state index in [1.54, 1.807) is 23.1 Å². The van der Waals surface area contributed by atoms with Crippen LogP contribution >= 0.6 is 11.8 Å². The number of carbonyl (C=O) groups excluding carboxylic acids is 1. The van der Waals surface area contributed by atoms with Gasteiger partial charge in [0.1, 0.15) is 5.82 Å². The average molecular weight is 410 g/mol. The number of aromatic nitrogens is 3. The van der Waals surface area contributed by atoms with Gasteiger partial charge in [-0.3, -0.25) is 4.79 Å². The predicted molar refractivity (Wildman–Crippen MR) is 109 cm³/mol. The fraction of sp³-hybridized carbons (Fsp3) is 0.200. The van der Waals surface area contributed by atoms with Crippen molar-refractivity contribution in [3.8, 4) is 6.07 Å². The summed E-state index contributed by atoms with van der Waals surface area (Å²) < 4.78 is 15.1. The Morgan fingerprint density at radius 1 is 1.17 bits per heavy atom. The fourth-order valence-electron chi connectivity index (χ4n) is 2.71. The Morgan fingerprint density at radius 2 is 1.90 bits per heavy atom. The van der Waals surface area contributed by atoms with Crippen molar-refractivity contribution >= 4 is 23.4 Å². The Balaban J connectivity index is 1.67. The van der Waals surface area contributed by atoms with Gasteiger partial charge in [-0.25, -0.2) is 9.07 Å². The first-order valence-electron chi connectivity index (χ1n) is 8.88. The van der Waals surface area contributed by atoms with Crippen molar-refractivity contribution in [3.05, 3.63) is 71.8 Å². The molecule has 0 fully saturated rings. The van der Waals surface area contributed by atoms with Crippen molar-refractivity contribution in [2.45, 2.75) is 18.0 Å². The number of benzene rings is 2. The lowest BCUT2D eigenvalue weighted by Crippen LogP contribution is -2.33. The molecular weight excluding hydrogens is 391 g/mol. The number of halogens is 1. The van der Waals surface area contributed by atoms with E-state index in [9.17, 15) is 9.18 Å². The number of hydrogen-bond acceptors (Lipinski definition) is 6. The summed E-state index contributed by atoms with van der Waals surface area (Å²) in [5, 5.41) is 17.3. The number of carbonyl (C=O) groups is 1. The number of rotatable bonds is 8. The minimum absolute atomic E-state index is 0.0787. The van der Waals surface area contributed by atoms with E-state index in [1.807, 2.05) is 30.3 Å². The lowest BCUT2D eigenvalue weighted by molar-refractivity contribution is -0.116. The van der Waals surface area contributed by atoms with Crippen LogP contribution in [0.2, 0.25) is 0 Å². The molecule has 1 amide bonds. The number of hydrogen-bond donors (Lipinski definition) is 1. The van der Waals surface area contributed by atoms with Crippen LogP contribution < -0.4 is 10.7 Å². The summed E-state index contributed by atoms with van der Waals surface area (Å²) in [6.45, 7) is 0.299. The van der Waals surface area contributed by atoms with E-state index in [0.717, 1.165) is 17.4 Å². The molecule has 148 valence electrons. The zero-order valence-electron chi connectivity index (χ0n) is 15.5. The van der Waals surface area contributed by atoms with Crippen molar-refractivity contribution in [2.75, 3.05) is 23.0 Å². The highest BCUT2D eigenvalue weighted by atomic mass is 32.2. The third-order valence-electron chi connectivity index (χ3n) is 4.18. The van der Waals surface area contributed by atoms with Crippen LogP contribution in [-0.4, -0.2) is 33.1 Å². The number of anilines is 1. The number of amides is 1. The number of thioether (sulfide) groups is 1. The molecule has 2 aromatic carbocycles. The van der Waals surface area contributed by atoms with Crippen LogP contribution in [0.25, 0.3) is 0 Å². The standard InChI is InChI=1S/C20H19FN6OS/c21-17-10-5-4-7-15(17)13-18-24-25-20(27(18)23)29-14-19(28)26(12-6-11-22)16-8-2-1-3-9-16/h1-5,7-10H,6,12-14,23H2. The highest BCUT2D eigenvalue weighted by Crippen LogP contribution is 2.20. The molecule has 0 unspecified atom stereocenters. The van der Waals surface area contributed by atoms with Crippen LogP contribution in [0.1, 0.15) is 17.8 Å². The molecule has 9 heteroatoms. The molecule has 1 heterocycles. The maximum Gasteiger partial charge on any atom is 0.237 e. The minimum atomic E-state index is -0.337. The van der Waals surface area contributed by atoms with Gasteiger partial charge < -0.3 is 10.7 Å². The van der Waals surface area contributed by atoms with Crippen molar-refractivity contribution in [2.24, 2.45) is 0 Å². The molecule has 0 spiro atoms. The van der Waals surface area contributed by atoms with Gasteiger partial charge in [0.25, 0.3) is 0 Å². The van der Waals surface area contributed by atoms with Crippen LogP contribution in [0.3, 0.4) is 0 Å². The van der Waals surface area contributed by atoms with Gasteiger partial charge in [0.2, 0.25) is 11.1 Å². The largest absolute Gasteiger partial charge is 0.336 e. The summed E-state index contributed by atoms with van der Waals surface area (Å²) in [6.07, 6.45) is 0.425. The summed E-state index contributed by atoms with van der Waals surface area (Å²) in [4.78, 5) is 14.3. The number of nitrogens with zero attached hydrogens (tertiary/aromatic N) is 5. The Morgan fingerprint density at radius 3 is 2.62 bits per heavy atom. The van der Waals surface area contributed by atoms with Gasteiger partial charge in [0.15, 0.2) is 5.82 Å². The fourth-order valence-corrected chi connectivity index (χ4v) is 3.46. The quantitative estimate of drug-likeness (QED) is 0.453. The SMILES string of the molecule is N#CCCN(C(=O)CSc1nnc(Cc2ccccc2F)n1N)c1ccccc1. The first kappa shape index (κ1) is 20.4. The van der Waals surface area contributed by atoms with E-state index in [0.29, 0.717) is 23.1 Å². The molecule has 0 atom stereocenters. The number of nitrogen functional groups attached to an aromatic ring is 1. The minimum Gasteiger partial charge on any atom is -0.336 e. The van der Waals surface area contributed by atoms with E-state index in [-0.39, 0.29) is 30.3 Å². The highest BCUT2D eigenvalue weighted by molar-refractivity contribution is 7.99. The third kappa shape index (κ3) is 5.12. The molecule has 7 nitrogen and oxygen atoms in total. The van der Waals surface area contributed by atoms with Gasteiger partial charge in [-0.05, 0) is 23.8 Å². The molecule has 0 aliphatic rings. The van der Waals surface area contributed by atoms with Gasteiger partial charge in [-0.15, -0.1) is 10.2 Å². The second kappa shape index (κ2) is 9.71. The zero-order valence-corrected chi connectivity index (χ0v) is 16.3. The Bertz CT molecular complexity index is 1020. The molecule has 0 saturated heterocycles. The molecular formula is C20H19FN6OS. The first-order chi connectivity index (χ1) is 14.1. The topological polar surface area (TPSA) is 101 Å². The van der Waals surface area contributed by atoms with E-state index >= 15 is 0 Å². The predicted octanol–water partition coefficient (Wildman–Crippen LogP) is 2.76. The number of nitriles is 1. The van der Waals surface area contributed by atoms with E-state index < -0.39 is 0 Å². The molecule has 3 rings (SSSR count). The summed E-state index contributed by atoms with van der Waals surface area (Å²) in [5.74, 6) is 6.00. The highest BCUT2D eigenvalue weighted by Gasteiger charge is 2.18. The molecule has 1 aromatic heterocycles. The molecule has 0 saturated carbocycles. The molecule has 0 aliphatic heterocycles. The van der Waals surface area contributed by atoms with Crippen LogP contribution in [-0.2, 0) is 11.2 Å². The number of nitrogens with two attached hydrogens (primary N) is 1. The van der Waals surface area contributed by atoms with E-state index in [4.69, 9.17) is 11.1 Å². The maximum atomic E-state index is 13.8. The molecule has 3 aromatic rings. The van der Waals surface area contributed by atoms with Crippen LogP contribution in [0, 0.1) is 17.1 Å². The third-order valence-corrected chi connectivity index (χ3v) is 5.11. The average Bonchev–Trinajstić information content (AvgIpc) is 3.08. The Kier molecular flexibility index (Phi) is 6.81. The lowest BCUT2D eigenvalue weighted by atomic mass is 10.1.